The number of fused-ring (bicyclic) bond motifs is 1. The Balaban J connectivity index is 1.53. The molecule has 1 unspecified atom stereocenters. The maximum atomic E-state index is 13.2. The average Bonchev–Trinajstić information content (AvgIpc) is 2.79. The predicted molar refractivity (Wildman–Crippen MR) is 112 cm³/mol. The van der Waals surface area contributed by atoms with Gasteiger partial charge in [0, 0.05) is 36.8 Å². The summed E-state index contributed by atoms with van der Waals surface area (Å²) >= 11 is 0. The van der Waals surface area contributed by atoms with E-state index >= 15 is 0 Å². The Kier molecular flexibility index (Phi) is 6.51. The molecular formula is C22H20F6N2O4S. The van der Waals surface area contributed by atoms with Crippen LogP contribution in [0.15, 0.2) is 42.5 Å². The van der Waals surface area contributed by atoms with E-state index in [0.29, 0.717) is 16.3 Å². The van der Waals surface area contributed by atoms with Crippen LogP contribution in [-0.2, 0) is 22.6 Å². The van der Waals surface area contributed by atoms with Crippen molar-refractivity contribution in [3.8, 4) is 11.5 Å². The van der Waals surface area contributed by atoms with Gasteiger partial charge in [-0.15, -0.1) is 0 Å². The zero-order chi connectivity index (χ0) is 25.6. The number of alkyl halides is 6. The zero-order valence-electron chi connectivity index (χ0n) is 18.1. The van der Waals surface area contributed by atoms with Crippen molar-refractivity contribution in [3.05, 3.63) is 59.2 Å². The molecule has 0 aliphatic carbocycles. The minimum absolute atomic E-state index is 0.129. The third-order valence-corrected chi connectivity index (χ3v) is 7.67. The van der Waals surface area contributed by atoms with E-state index < -0.39 is 45.8 Å². The van der Waals surface area contributed by atoms with Crippen LogP contribution in [0, 0.1) is 0 Å². The number of piperidine rings is 1. The summed E-state index contributed by atoms with van der Waals surface area (Å²) in [6.07, 6.45) is -3.69. The van der Waals surface area contributed by atoms with Crippen LogP contribution in [0.1, 0.15) is 34.3 Å². The molecule has 0 radical (unpaired) electrons. The number of halogens is 6. The van der Waals surface area contributed by atoms with Crippen molar-refractivity contribution in [1.82, 2.24) is 9.21 Å². The molecule has 2 aliphatic rings. The fourth-order valence-corrected chi connectivity index (χ4v) is 5.37. The molecule has 0 saturated carbocycles. The van der Waals surface area contributed by atoms with Gasteiger partial charge in [0.2, 0.25) is 0 Å². The third kappa shape index (κ3) is 4.96. The lowest BCUT2D eigenvalue weighted by Crippen LogP contribution is -2.55. The van der Waals surface area contributed by atoms with Gasteiger partial charge in [-0.25, -0.2) is 8.42 Å². The van der Waals surface area contributed by atoms with Gasteiger partial charge in [-0.05, 0) is 55.7 Å². The van der Waals surface area contributed by atoms with Gasteiger partial charge in [-0.3, -0.25) is 4.79 Å². The lowest BCUT2D eigenvalue weighted by atomic mass is 9.95. The molecule has 13 heteroatoms. The van der Waals surface area contributed by atoms with Crippen molar-refractivity contribution < 1.29 is 44.3 Å². The third-order valence-electron chi connectivity index (χ3n) is 6.07. The first kappa shape index (κ1) is 25.3. The van der Waals surface area contributed by atoms with Crippen LogP contribution in [0.5, 0.6) is 11.5 Å². The SMILES string of the molecule is O=C1c2cccc(Oc3ccc(C(F)(F)F)cc3)c2CCN1C1CCCN(S(=O)(=O)C(F)(F)F)C1. The average molecular weight is 522 g/mol. The summed E-state index contributed by atoms with van der Waals surface area (Å²) in [6.45, 7) is -0.601. The van der Waals surface area contributed by atoms with Gasteiger partial charge in [-0.2, -0.15) is 30.6 Å². The van der Waals surface area contributed by atoms with E-state index in [-0.39, 0.29) is 43.0 Å². The molecule has 0 aromatic heterocycles. The number of ether oxygens (including phenoxy) is 1. The van der Waals surface area contributed by atoms with Crippen molar-refractivity contribution in [1.29, 1.82) is 0 Å². The molecule has 2 aliphatic heterocycles. The number of carbonyl (C=O) groups excluding carboxylic acids is 1. The molecule has 1 fully saturated rings. The topological polar surface area (TPSA) is 66.9 Å². The molecule has 1 amide bonds. The van der Waals surface area contributed by atoms with E-state index in [2.05, 4.69) is 0 Å². The summed E-state index contributed by atoms with van der Waals surface area (Å²) in [5.74, 6) is -0.0536. The Morgan fingerprint density at radius 2 is 1.63 bits per heavy atom. The summed E-state index contributed by atoms with van der Waals surface area (Å²) in [5.41, 5.74) is -5.49. The molecule has 1 atom stereocenters. The van der Waals surface area contributed by atoms with Gasteiger partial charge in [-0.1, -0.05) is 6.07 Å². The molecule has 6 nitrogen and oxygen atoms in total. The second-order valence-corrected chi connectivity index (χ2v) is 10.2. The lowest BCUT2D eigenvalue weighted by Gasteiger charge is -2.41. The van der Waals surface area contributed by atoms with Crippen LogP contribution < -0.4 is 4.74 Å². The Labute approximate surface area is 197 Å². The second kappa shape index (κ2) is 9.01. The summed E-state index contributed by atoms with van der Waals surface area (Å²) in [7, 11) is -5.50. The Bertz CT molecular complexity index is 1210. The summed E-state index contributed by atoms with van der Waals surface area (Å²) in [6, 6.07) is 7.98. The number of benzene rings is 2. The number of amides is 1. The molecule has 0 spiro atoms. The van der Waals surface area contributed by atoms with Crippen LogP contribution in [0.2, 0.25) is 0 Å². The maximum absolute atomic E-state index is 13.2. The largest absolute Gasteiger partial charge is 0.511 e. The molecule has 2 heterocycles. The van der Waals surface area contributed by atoms with Gasteiger partial charge in [0.25, 0.3) is 5.91 Å². The first-order chi connectivity index (χ1) is 16.3. The van der Waals surface area contributed by atoms with Crippen LogP contribution in [0.3, 0.4) is 0 Å². The van der Waals surface area contributed by atoms with E-state index in [1.165, 1.54) is 17.0 Å². The van der Waals surface area contributed by atoms with Crippen molar-refractivity contribution >= 4 is 15.9 Å². The molecule has 0 bridgehead atoms. The van der Waals surface area contributed by atoms with Crippen molar-refractivity contribution in [3.63, 3.8) is 0 Å². The first-order valence-corrected chi connectivity index (χ1v) is 12.1. The molecule has 190 valence electrons. The zero-order valence-corrected chi connectivity index (χ0v) is 18.9. The van der Waals surface area contributed by atoms with E-state index in [1.807, 2.05) is 0 Å². The van der Waals surface area contributed by atoms with Gasteiger partial charge in [0.15, 0.2) is 0 Å². The fourth-order valence-electron chi connectivity index (χ4n) is 4.34. The minimum Gasteiger partial charge on any atom is -0.457 e. The van der Waals surface area contributed by atoms with Crippen molar-refractivity contribution in [2.75, 3.05) is 19.6 Å². The quantitative estimate of drug-likeness (QED) is 0.541. The summed E-state index contributed by atoms with van der Waals surface area (Å²) in [5, 5.41) is 0. The van der Waals surface area contributed by atoms with Crippen molar-refractivity contribution in [2.24, 2.45) is 0 Å². The van der Waals surface area contributed by atoms with Crippen molar-refractivity contribution in [2.45, 2.75) is 37.0 Å². The highest BCUT2D eigenvalue weighted by molar-refractivity contribution is 7.90. The van der Waals surface area contributed by atoms with E-state index in [4.69, 9.17) is 4.74 Å². The molecule has 35 heavy (non-hydrogen) atoms. The number of rotatable bonds is 4. The van der Waals surface area contributed by atoms with Crippen LogP contribution in [0.25, 0.3) is 0 Å². The highest BCUT2D eigenvalue weighted by Crippen LogP contribution is 2.36. The molecule has 4 rings (SSSR count). The number of carbonyl (C=O) groups is 1. The van der Waals surface area contributed by atoms with Crippen LogP contribution in [-0.4, -0.2) is 54.7 Å². The van der Waals surface area contributed by atoms with Gasteiger partial charge in [0.1, 0.15) is 11.5 Å². The standard InChI is InChI=1S/C22H20F6N2O4S/c23-21(24,25)14-6-8-16(9-7-14)34-19-5-1-4-18-17(19)10-12-30(20(18)31)15-3-2-11-29(13-15)35(32,33)22(26,27)28/h1,4-9,15H,2-3,10-13H2. The minimum atomic E-state index is -5.50. The summed E-state index contributed by atoms with van der Waals surface area (Å²) < 4.78 is 107. The van der Waals surface area contributed by atoms with E-state index in [1.54, 1.807) is 6.07 Å². The first-order valence-electron chi connectivity index (χ1n) is 10.6. The molecule has 0 N–H and O–H groups in total. The Hall–Kier alpha value is -2.80. The maximum Gasteiger partial charge on any atom is 0.511 e. The van der Waals surface area contributed by atoms with Gasteiger partial charge >= 0.3 is 21.7 Å². The monoisotopic (exact) mass is 522 g/mol. The Morgan fingerprint density at radius 3 is 2.26 bits per heavy atom. The molecule has 1 saturated heterocycles. The predicted octanol–water partition coefficient (Wildman–Crippen LogP) is 4.81. The van der Waals surface area contributed by atoms with Gasteiger partial charge in [0.05, 0.1) is 5.56 Å². The van der Waals surface area contributed by atoms with Crippen LogP contribution >= 0.6 is 0 Å². The highest BCUT2D eigenvalue weighted by atomic mass is 32.2. The Morgan fingerprint density at radius 1 is 0.943 bits per heavy atom. The number of hydrogen-bond acceptors (Lipinski definition) is 4. The second-order valence-electron chi connectivity index (χ2n) is 8.26. The highest BCUT2D eigenvalue weighted by Gasteiger charge is 2.51. The lowest BCUT2D eigenvalue weighted by molar-refractivity contribution is -0.137. The van der Waals surface area contributed by atoms with Gasteiger partial charge < -0.3 is 9.64 Å². The normalized spacial score (nSPS) is 20.0. The van der Waals surface area contributed by atoms with Crippen LogP contribution in [0.4, 0.5) is 26.3 Å². The smallest absolute Gasteiger partial charge is 0.457 e. The van der Waals surface area contributed by atoms with E-state index in [9.17, 15) is 39.6 Å². The molecule has 2 aromatic rings. The molecular weight excluding hydrogens is 502 g/mol. The summed E-state index contributed by atoms with van der Waals surface area (Å²) in [4.78, 5) is 14.6. The fraction of sp³-hybridized carbons (Fsp3) is 0.409. The number of hydrogen-bond donors (Lipinski definition) is 0. The van der Waals surface area contributed by atoms with E-state index in [0.717, 1.165) is 24.3 Å². The number of nitrogens with zero attached hydrogens (tertiary/aromatic N) is 2. The number of sulfonamides is 1. The molecule has 2 aromatic carbocycles.